The number of amides is 3. The molecule has 1 unspecified atom stereocenters. The fourth-order valence-corrected chi connectivity index (χ4v) is 4.30. The number of primary amides is 1. The Morgan fingerprint density at radius 2 is 1.81 bits per heavy atom. The molecule has 0 radical (unpaired) electrons. The van der Waals surface area contributed by atoms with E-state index in [1.807, 2.05) is 4.90 Å². The number of carbonyl (C=O) groups is 3. The Morgan fingerprint density at radius 1 is 1.06 bits per heavy atom. The topological polar surface area (TPSA) is 125 Å². The van der Waals surface area contributed by atoms with Gasteiger partial charge in [-0.25, -0.2) is 4.39 Å². The van der Waals surface area contributed by atoms with Gasteiger partial charge in [-0.2, -0.15) is 0 Å². The van der Waals surface area contributed by atoms with Crippen molar-refractivity contribution in [3.8, 4) is 0 Å². The van der Waals surface area contributed by atoms with E-state index in [2.05, 4.69) is 10.6 Å². The van der Waals surface area contributed by atoms with Gasteiger partial charge in [0.15, 0.2) is 5.60 Å². The first kappa shape index (κ1) is 25.2. The number of nitrogens with one attached hydrogen (secondary N) is 2. The van der Waals surface area contributed by atoms with Gasteiger partial charge in [0.25, 0.3) is 11.8 Å². The predicted molar refractivity (Wildman–Crippen MR) is 134 cm³/mol. The molecule has 1 atom stereocenters. The summed E-state index contributed by atoms with van der Waals surface area (Å²) in [4.78, 5) is 38.7. The minimum atomic E-state index is -1.65. The Morgan fingerprint density at radius 3 is 2.56 bits per heavy atom. The summed E-state index contributed by atoms with van der Waals surface area (Å²) in [6.07, 6.45) is 0.180. The largest absolute Gasteiger partial charge is 0.378 e. The van der Waals surface area contributed by atoms with E-state index in [1.165, 1.54) is 24.3 Å². The second kappa shape index (κ2) is 10.3. The van der Waals surface area contributed by atoms with Gasteiger partial charge in [-0.3, -0.25) is 14.4 Å². The number of β-amino-alcohol motifs (C(OH)–C–C–N with tert-alkyl or cyclic N) is 1. The van der Waals surface area contributed by atoms with Crippen LogP contribution in [0.15, 0.2) is 66.7 Å². The third-order valence-corrected chi connectivity index (χ3v) is 6.14. The van der Waals surface area contributed by atoms with E-state index in [0.717, 1.165) is 0 Å². The molecule has 0 aliphatic carbocycles. The van der Waals surface area contributed by atoms with Crippen LogP contribution in [0.4, 0.5) is 15.8 Å². The van der Waals surface area contributed by atoms with Gasteiger partial charge >= 0.3 is 0 Å². The van der Waals surface area contributed by atoms with Gasteiger partial charge in [0.1, 0.15) is 5.82 Å². The van der Waals surface area contributed by atoms with Crippen LogP contribution in [0.5, 0.6) is 0 Å². The number of nitrogens with two attached hydrogens (primary N) is 1. The van der Waals surface area contributed by atoms with Gasteiger partial charge < -0.3 is 26.4 Å². The summed E-state index contributed by atoms with van der Waals surface area (Å²) in [7, 11) is 0. The number of rotatable bonds is 7. The van der Waals surface area contributed by atoms with Crippen molar-refractivity contribution in [2.75, 3.05) is 23.3 Å². The van der Waals surface area contributed by atoms with Gasteiger partial charge in [0.2, 0.25) is 5.91 Å². The molecule has 4 rings (SSSR count). The number of benzene rings is 3. The Hall–Kier alpha value is -3.95. The maximum absolute atomic E-state index is 13.5. The molecule has 1 fully saturated rings. The monoisotopic (exact) mass is 510 g/mol. The zero-order valence-electron chi connectivity index (χ0n) is 19.1. The Labute approximate surface area is 211 Å². The van der Waals surface area contributed by atoms with Crippen molar-refractivity contribution < 1.29 is 23.9 Å². The highest BCUT2D eigenvalue weighted by Gasteiger charge is 2.42. The lowest BCUT2D eigenvalue weighted by atomic mass is 10.0. The van der Waals surface area contributed by atoms with E-state index >= 15 is 0 Å². The van der Waals surface area contributed by atoms with Crippen LogP contribution in [-0.2, 0) is 11.3 Å². The molecule has 3 aromatic carbocycles. The molecule has 36 heavy (non-hydrogen) atoms. The number of carbonyl (C=O) groups excluding carboxylic acids is 3. The highest BCUT2D eigenvalue weighted by molar-refractivity contribution is 6.30. The van der Waals surface area contributed by atoms with E-state index in [9.17, 15) is 23.9 Å². The van der Waals surface area contributed by atoms with Crippen molar-refractivity contribution in [1.29, 1.82) is 0 Å². The van der Waals surface area contributed by atoms with Crippen LogP contribution in [0.2, 0.25) is 5.02 Å². The van der Waals surface area contributed by atoms with Crippen LogP contribution in [-0.4, -0.2) is 41.5 Å². The van der Waals surface area contributed by atoms with Crippen LogP contribution in [0.25, 0.3) is 0 Å². The molecule has 0 bridgehead atoms. The van der Waals surface area contributed by atoms with E-state index in [4.69, 9.17) is 17.3 Å². The van der Waals surface area contributed by atoms with Crippen LogP contribution in [0.1, 0.15) is 32.7 Å². The molecule has 3 amide bonds. The number of halogens is 2. The first-order valence-electron chi connectivity index (χ1n) is 11.1. The lowest BCUT2D eigenvalue weighted by molar-refractivity contribution is -0.137. The molecule has 1 heterocycles. The summed E-state index contributed by atoms with van der Waals surface area (Å²) in [6, 6.07) is 17.0. The summed E-state index contributed by atoms with van der Waals surface area (Å²) in [5.74, 6) is -2.08. The third kappa shape index (κ3) is 5.81. The maximum atomic E-state index is 13.5. The summed E-state index contributed by atoms with van der Waals surface area (Å²) in [6.45, 7) is 0.432. The standard InChI is InChI=1S/C26H24ClFN4O4/c27-19-9-16(10-20(28)13-19)14-30-25(35)26(36)7-8-32(15-26)22-6-2-4-18(12-22)24(34)31-21-5-1-3-17(11-21)23(29)33/h1-6,9-13,36H,7-8,14-15H2,(H2,29,33)(H,30,35)(H,31,34). The zero-order chi connectivity index (χ0) is 25.9. The van der Waals surface area contributed by atoms with Gasteiger partial charge in [0.05, 0.1) is 6.54 Å². The summed E-state index contributed by atoms with van der Waals surface area (Å²) >= 11 is 5.85. The lowest BCUT2D eigenvalue weighted by Gasteiger charge is -2.24. The summed E-state index contributed by atoms with van der Waals surface area (Å²) in [5, 5.41) is 16.5. The number of hydrogen-bond donors (Lipinski definition) is 4. The number of aliphatic hydroxyl groups is 1. The Kier molecular flexibility index (Phi) is 7.23. The second-order valence-electron chi connectivity index (χ2n) is 8.61. The highest BCUT2D eigenvalue weighted by Crippen LogP contribution is 2.28. The van der Waals surface area contributed by atoms with Gasteiger partial charge in [0, 0.05) is 47.0 Å². The fraction of sp³-hybridized carbons (Fsp3) is 0.192. The molecular weight excluding hydrogens is 487 g/mol. The first-order chi connectivity index (χ1) is 17.1. The van der Waals surface area contributed by atoms with Crippen molar-refractivity contribution in [2.24, 2.45) is 5.73 Å². The van der Waals surface area contributed by atoms with E-state index in [1.54, 1.807) is 42.5 Å². The van der Waals surface area contributed by atoms with E-state index < -0.39 is 23.2 Å². The molecule has 1 aliphatic heterocycles. The van der Waals surface area contributed by atoms with Crippen LogP contribution < -0.4 is 21.3 Å². The minimum absolute atomic E-state index is 0.0191. The quantitative estimate of drug-likeness (QED) is 0.389. The smallest absolute Gasteiger partial charge is 0.255 e. The van der Waals surface area contributed by atoms with Gasteiger partial charge in [-0.15, -0.1) is 0 Å². The molecule has 3 aromatic rings. The maximum Gasteiger partial charge on any atom is 0.255 e. The molecular formula is C26H24ClFN4O4. The number of anilines is 2. The molecule has 0 aromatic heterocycles. The van der Waals surface area contributed by atoms with Gasteiger partial charge in [-0.05, 0) is 60.2 Å². The molecule has 5 N–H and O–H groups in total. The molecule has 186 valence electrons. The van der Waals surface area contributed by atoms with E-state index in [-0.39, 0.29) is 36.0 Å². The third-order valence-electron chi connectivity index (χ3n) is 5.92. The average molecular weight is 511 g/mol. The highest BCUT2D eigenvalue weighted by atomic mass is 35.5. The SMILES string of the molecule is NC(=O)c1cccc(NC(=O)c2cccc(N3CCC(O)(C(=O)NCc4cc(F)cc(Cl)c4)C3)c2)c1. The molecule has 0 spiro atoms. The second-order valence-corrected chi connectivity index (χ2v) is 9.05. The fourth-order valence-electron chi connectivity index (χ4n) is 4.06. The molecule has 0 saturated carbocycles. The number of hydrogen-bond acceptors (Lipinski definition) is 5. The Balaban J connectivity index is 1.40. The lowest BCUT2D eigenvalue weighted by Crippen LogP contribution is -2.48. The molecule has 8 nitrogen and oxygen atoms in total. The van der Waals surface area contributed by atoms with Gasteiger partial charge in [-0.1, -0.05) is 23.7 Å². The summed E-state index contributed by atoms with van der Waals surface area (Å²) < 4.78 is 13.5. The number of nitrogens with zero attached hydrogens (tertiary/aromatic N) is 1. The first-order valence-corrected chi connectivity index (χ1v) is 11.5. The summed E-state index contributed by atoms with van der Waals surface area (Å²) in [5.41, 5.74) is 5.84. The van der Waals surface area contributed by atoms with Crippen molar-refractivity contribution in [1.82, 2.24) is 5.32 Å². The van der Waals surface area contributed by atoms with E-state index in [0.29, 0.717) is 29.0 Å². The van der Waals surface area contributed by atoms with Crippen molar-refractivity contribution in [3.63, 3.8) is 0 Å². The van der Waals surface area contributed by atoms with Crippen molar-refractivity contribution >= 4 is 40.7 Å². The van der Waals surface area contributed by atoms with Crippen LogP contribution in [0, 0.1) is 5.82 Å². The van der Waals surface area contributed by atoms with Crippen molar-refractivity contribution in [2.45, 2.75) is 18.6 Å². The molecule has 10 heteroatoms. The molecule has 1 saturated heterocycles. The van der Waals surface area contributed by atoms with Crippen molar-refractivity contribution in [3.05, 3.63) is 94.3 Å². The predicted octanol–water partition coefficient (Wildman–Crippen LogP) is 3.09. The normalized spacial score (nSPS) is 17.0. The zero-order valence-corrected chi connectivity index (χ0v) is 19.9. The minimum Gasteiger partial charge on any atom is -0.378 e. The molecule has 1 aliphatic rings. The Bertz CT molecular complexity index is 1310. The van der Waals surface area contributed by atoms with Crippen LogP contribution in [0.3, 0.4) is 0 Å². The average Bonchev–Trinajstić information content (AvgIpc) is 3.25. The van der Waals surface area contributed by atoms with Crippen LogP contribution >= 0.6 is 11.6 Å².